The minimum atomic E-state index is 0.456. The normalized spacial score (nSPS) is 12.7. The van der Waals surface area contributed by atoms with E-state index in [9.17, 15) is 0 Å². The summed E-state index contributed by atoms with van der Waals surface area (Å²) in [7, 11) is 1.99. The first-order chi connectivity index (χ1) is 9.78. The molecule has 0 aliphatic rings. The number of nitrogens with one attached hydrogen (secondary N) is 1. The van der Waals surface area contributed by atoms with Gasteiger partial charge in [0.25, 0.3) is 0 Å². The molecule has 0 fully saturated rings. The molecule has 1 heterocycles. The van der Waals surface area contributed by atoms with Crippen molar-refractivity contribution in [3.05, 3.63) is 54.1 Å². The zero-order valence-electron chi connectivity index (χ0n) is 11.7. The van der Waals surface area contributed by atoms with E-state index in [0.717, 1.165) is 23.1 Å². The molecule has 1 aromatic heterocycles. The number of para-hydroxylation sites is 1. The van der Waals surface area contributed by atoms with Crippen LogP contribution < -0.4 is 5.32 Å². The Balaban J connectivity index is 2.00. The molecule has 0 amide bonds. The number of aromatic nitrogens is 3. The summed E-state index contributed by atoms with van der Waals surface area (Å²) in [6.45, 7) is 2.18. The fraction of sp³-hybridized carbons (Fsp3) is 0.250. The lowest BCUT2D eigenvalue weighted by Gasteiger charge is -2.11. The van der Waals surface area contributed by atoms with Crippen LogP contribution in [0.5, 0.6) is 0 Å². The summed E-state index contributed by atoms with van der Waals surface area (Å²) in [6.07, 6.45) is 0.997. The number of likely N-dealkylation sites (N-methyl/N-ethyl adjacent to an activating group) is 1. The number of fused-ring (bicyclic) bond motifs is 1. The van der Waals surface area contributed by atoms with Crippen molar-refractivity contribution in [2.45, 2.75) is 19.4 Å². The van der Waals surface area contributed by atoms with Crippen molar-refractivity contribution < 1.29 is 0 Å². The lowest BCUT2D eigenvalue weighted by atomic mass is 10.1. The Hall–Kier alpha value is -2.20. The van der Waals surface area contributed by atoms with E-state index in [2.05, 4.69) is 46.8 Å². The molecule has 0 saturated heterocycles. The van der Waals surface area contributed by atoms with E-state index in [0.29, 0.717) is 6.04 Å². The van der Waals surface area contributed by atoms with Crippen molar-refractivity contribution in [1.82, 2.24) is 20.3 Å². The number of rotatable bonds is 4. The standard InChI is InChI=1S/C16H18N4/c1-12(17-2)10-13-6-5-7-14(11-13)20-16-9-4-3-8-15(16)18-19-20/h3-9,11-12,17H,10H2,1-2H3. The fourth-order valence-electron chi connectivity index (χ4n) is 2.33. The van der Waals surface area contributed by atoms with Crippen LogP contribution in [0.15, 0.2) is 48.5 Å². The van der Waals surface area contributed by atoms with Crippen LogP contribution >= 0.6 is 0 Å². The van der Waals surface area contributed by atoms with Gasteiger partial charge in [-0.25, -0.2) is 4.68 Å². The average molecular weight is 266 g/mol. The van der Waals surface area contributed by atoms with E-state index in [-0.39, 0.29) is 0 Å². The summed E-state index contributed by atoms with van der Waals surface area (Å²) < 4.78 is 1.89. The molecule has 0 saturated carbocycles. The second-order valence-corrected chi connectivity index (χ2v) is 5.05. The third-order valence-corrected chi connectivity index (χ3v) is 3.54. The van der Waals surface area contributed by atoms with E-state index in [1.165, 1.54) is 5.56 Å². The first-order valence-corrected chi connectivity index (χ1v) is 6.85. The number of hydrogen-bond donors (Lipinski definition) is 1. The van der Waals surface area contributed by atoms with Crippen molar-refractivity contribution in [3.8, 4) is 5.69 Å². The Labute approximate surface area is 118 Å². The van der Waals surface area contributed by atoms with Crippen molar-refractivity contribution in [3.63, 3.8) is 0 Å². The van der Waals surface area contributed by atoms with Crippen molar-refractivity contribution in [2.24, 2.45) is 0 Å². The van der Waals surface area contributed by atoms with Crippen LogP contribution in [0.4, 0.5) is 0 Å². The second kappa shape index (κ2) is 5.43. The van der Waals surface area contributed by atoms with Gasteiger partial charge in [0.2, 0.25) is 0 Å². The highest BCUT2D eigenvalue weighted by Crippen LogP contribution is 2.17. The molecular formula is C16H18N4. The molecule has 0 aliphatic heterocycles. The van der Waals surface area contributed by atoms with Crippen molar-refractivity contribution in [2.75, 3.05) is 7.05 Å². The summed E-state index contributed by atoms with van der Waals surface area (Å²) in [5.41, 5.74) is 4.30. The molecule has 2 aromatic carbocycles. The predicted octanol–water partition coefficient (Wildman–Crippen LogP) is 2.57. The molecule has 102 valence electrons. The lowest BCUT2D eigenvalue weighted by molar-refractivity contribution is 0.608. The molecular weight excluding hydrogens is 248 g/mol. The molecule has 0 radical (unpaired) electrons. The first-order valence-electron chi connectivity index (χ1n) is 6.85. The van der Waals surface area contributed by atoms with Crippen molar-refractivity contribution in [1.29, 1.82) is 0 Å². The van der Waals surface area contributed by atoms with Gasteiger partial charge in [-0.3, -0.25) is 0 Å². The summed E-state index contributed by atoms with van der Waals surface area (Å²) in [6, 6.07) is 16.9. The van der Waals surface area contributed by atoms with Gasteiger partial charge < -0.3 is 5.32 Å². The number of nitrogens with zero attached hydrogens (tertiary/aromatic N) is 3. The molecule has 1 unspecified atom stereocenters. The van der Waals surface area contributed by atoms with E-state index in [1.807, 2.05) is 36.0 Å². The molecule has 3 rings (SSSR count). The minimum absolute atomic E-state index is 0.456. The van der Waals surface area contributed by atoms with Crippen LogP contribution in [-0.4, -0.2) is 28.1 Å². The van der Waals surface area contributed by atoms with Crippen LogP contribution in [0, 0.1) is 0 Å². The van der Waals surface area contributed by atoms with Gasteiger partial charge in [0.15, 0.2) is 0 Å². The summed E-state index contributed by atoms with van der Waals surface area (Å²) in [5, 5.41) is 11.7. The maximum atomic E-state index is 4.26. The summed E-state index contributed by atoms with van der Waals surface area (Å²) in [5.74, 6) is 0. The molecule has 0 bridgehead atoms. The Morgan fingerprint density at radius 1 is 1.15 bits per heavy atom. The Kier molecular flexibility index (Phi) is 3.48. The zero-order chi connectivity index (χ0) is 13.9. The van der Waals surface area contributed by atoms with Gasteiger partial charge in [0, 0.05) is 6.04 Å². The quantitative estimate of drug-likeness (QED) is 0.789. The van der Waals surface area contributed by atoms with Crippen LogP contribution in [-0.2, 0) is 6.42 Å². The van der Waals surface area contributed by atoms with Crippen LogP contribution in [0.1, 0.15) is 12.5 Å². The topological polar surface area (TPSA) is 42.7 Å². The minimum Gasteiger partial charge on any atom is -0.317 e. The Bertz CT molecular complexity index is 717. The zero-order valence-corrected chi connectivity index (χ0v) is 11.7. The molecule has 0 aliphatic carbocycles. The monoisotopic (exact) mass is 266 g/mol. The Morgan fingerprint density at radius 3 is 2.85 bits per heavy atom. The van der Waals surface area contributed by atoms with Crippen LogP contribution in [0.2, 0.25) is 0 Å². The summed E-state index contributed by atoms with van der Waals surface area (Å²) >= 11 is 0. The fourth-order valence-corrected chi connectivity index (χ4v) is 2.33. The highest BCUT2D eigenvalue weighted by atomic mass is 15.4. The molecule has 1 atom stereocenters. The molecule has 20 heavy (non-hydrogen) atoms. The maximum Gasteiger partial charge on any atom is 0.113 e. The number of hydrogen-bond acceptors (Lipinski definition) is 3. The third kappa shape index (κ3) is 2.42. The van der Waals surface area contributed by atoms with E-state index in [1.54, 1.807) is 0 Å². The van der Waals surface area contributed by atoms with E-state index >= 15 is 0 Å². The smallest absolute Gasteiger partial charge is 0.113 e. The van der Waals surface area contributed by atoms with E-state index < -0.39 is 0 Å². The highest BCUT2D eigenvalue weighted by Gasteiger charge is 2.07. The van der Waals surface area contributed by atoms with Gasteiger partial charge in [-0.15, -0.1) is 5.10 Å². The van der Waals surface area contributed by atoms with Gasteiger partial charge in [-0.1, -0.05) is 29.5 Å². The lowest BCUT2D eigenvalue weighted by Crippen LogP contribution is -2.23. The molecule has 3 aromatic rings. The predicted molar refractivity (Wildman–Crippen MR) is 81.1 cm³/mol. The van der Waals surface area contributed by atoms with Gasteiger partial charge in [0.05, 0.1) is 11.2 Å². The third-order valence-electron chi connectivity index (χ3n) is 3.54. The van der Waals surface area contributed by atoms with Gasteiger partial charge in [-0.2, -0.15) is 0 Å². The molecule has 4 heteroatoms. The Morgan fingerprint density at radius 2 is 2.00 bits per heavy atom. The van der Waals surface area contributed by atoms with Crippen LogP contribution in [0.3, 0.4) is 0 Å². The second-order valence-electron chi connectivity index (χ2n) is 5.05. The number of benzene rings is 2. The molecule has 1 N–H and O–H groups in total. The maximum absolute atomic E-state index is 4.26. The average Bonchev–Trinajstić information content (AvgIpc) is 2.91. The first kappa shape index (κ1) is 12.8. The largest absolute Gasteiger partial charge is 0.317 e. The summed E-state index contributed by atoms with van der Waals surface area (Å²) in [4.78, 5) is 0. The van der Waals surface area contributed by atoms with E-state index in [4.69, 9.17) is 0 Å². The van der Waals surface area contributed by atoms with Crippen LogP contribution in [0.25, 0.3) is 16.7 Å². The van der Waals surface area contributed by atoms with Gasteiger partial charge in [-0.05, 0) is 50.2 Å². The SMILES string of the molecule is CNC(C)Cc1cccc(-n2nnc3ccccc32)c1. The molecule has 4 nitrogen and oxygen atoms in total. The highest BCUT2D eigenvalue weighted by molar-refractivity contribution is 5.75. The van der Waals surface area contributed by atoms with Gasteiger partial charge >= 0.3 is 0 Å². The van der Waals surface area contributed by atoms with Gasteiger partial charge in [0.1, 0.15) is 5.52 Å². The molecule has 0 spiro atoms. The van der Waals surface area contributed by atoms with Crippen molar-refractivity contribution >= 4 is 11.0 Å².